The number of furan rings is 2. The van der Waals surface area contributed by atoms with Crippen LogP contribution in [0, 0.1) is 0 Å². The molecule has 76 heavy (non-hydrogen) atoms. The summed E-state index contributed by atoms with van der Waals surface area (Å²) in [5.41, 5.74) is 17.7. The molecule has 0 saturated carbocycles. The lowest BCUT2D eigenvalue weighted by molar-refractivity contribution is 0.669. The van der Waals surface area contributed by atoms with Gasteiger partial charge in [0.15, 0.2) is 17.5 Å². The highest BCUT2D eigenvalue weighted by Crippen LogP contribution is 2.58. The summed E-state index contributed by atoms with van der Waals surface area (Å²) in [7, 11) is 0. The molecule has 0 unspecified atom stereocenters. The molecule has 0 saturated heterocycles. The van der Waals surface area contributed by atoms with Crippen LogP contribution in [0.2, 0.25) is 0 Å². The number of hydrogen-bond donors (Lipinski definition) is 0. The van der Waals surface area contributed by atoms with E-state index in [1.54, 1.807) is 0 Å². The highest BCUT2D eigenvalue weighted by Gasteiger charge is 2.47. The molecule has 6 nitrogen and oxygen atoms in total. The predicted molar refractivity (Wildman–Crippen MR) is 308 cm³/mol. The van der Waals surface area contributed by atoms with Crippen molar-refractivity contribution in [1.82, 2.24) is 19.4 Å². The number of hydrogen-bond acceptors (Lipinski definition) is 5. The lowest BCUT2D eigenvalue weighted by Gasteiger charge is -2.33. The lowest BCUT2D eigenvalue weighted by atomic mass is 9.67. The molecule has 0 atom stereocenters. The highest BCUT2D eigenvalue weighted by molar-refractivity contribution is 6.33. The van der Waals surface area contributed by atoms with Crippen LogP contribution in [0.15, 0.2) is 251 Å². The van der Waals surface area contributed by atoms with Crippen molar-refractivity contribution in [2.45, 2.75) is 5.41 Å². The summed E-state index contributed by atoms with van der Waals surface area (Å²) in [5, 5.41) is 9.03. The second kappa shape index (κ2) is 15.4. The van der Waals surface area contributed by atoms with E-state index >= 15 is 0 Å². The number of fused-ring (bicyclic) bond motifs is 12. The zero-order chi connectivity index (χ0) is 49.6. The van der Waals surface area contributed by atoms with Gasteiger partial charge in [-0.05, 0) is 92.9 Å². The summed E-state index contributed by atoms with van der Waals surface area (Å²) < 4.78 is 16.2. The Balaban J connectivity index is 0.915. The molecule has 0 aliphatic heterocycles. The van der Waals surface area contributed by atoms with E-state index in [-0.39, 0.29) is 0 Å². The summed E-state index contributed by atoms with van der Waals surface area (Å²) in [6.45, 7) is 0. The van der Waals surface area contributed by atoms with Crippen molar-refractivity contribution in [3.05, 3.63) is 265 Å². The molecule has 1 aliphatic rings. The van der Waals surface area contributed by atoms with Gasteiger partial charge in [0, 0.05) is 49.0 Å². The van der Waals surface area contributed by atoms with Gasteiger partial charge in [0.1, 0.15) is 22.3 Å². The largest absolute Gasteiger partial charge is 0.455 e. The first-order valence-corrected chi connectivity index (χ1v) is 25.8. The Bertz CT molecular complexity index is 5030. The van der Waals surface area contributed by atoms with E-state index in [0.717, 1.165) is 93.7 Å². The van der Waals surface area contributed by atoms with Gasteiger partial charge < -0.3 is 13.2 Å². The lowest BCUT2D eigenvalue weighted by Crippen LogP contribution is -2.28. The van der Waals surface area contributed by atoms with E-state index in [1.807, 2.05) is 18.2 Å². The van der Waals surface area contributed by atoms with E-state index in [2.05, 4.69) is 229 Å². The maximum atomic E-state index is 7.08. The number of nitrogens with zero attached hydrogens (tertiary/aromatic N) is 4. The predicted octanol–water partition coefficient (Wildman–Crippen LogP) is 17.9. The number of aromatic nitrogens is 4. The van der Waals surface area contributed by atoms with Crippen molar-refractivity contribution in [3.8, 4) is 56.4 Å². The van der Waals surface area contributed by atoms with Gasteiger partial charge in [0.2, 0.25) is 0 Å². The minimum Gasteiger partial charge on any atom is -0.455 e. The van der Waals surface area contributed by atoms with Crippen LogP contribution in [0.3, 0.4) is 0 Å². The monoisotopic (exact) mass is 968 g/mol. The van der Waals surface area contributed by atoms with E-state index in [0.29, 0.717) is 17.5 Å². The molecule has 0 bridgehead atoms. The van der Waals surface area contributed by atoms with Gasteiger partial charge in [-0.2, -0.15) is 0 Å². The Morgan fingerprint density at radius 3 is 1.70 bits per heavy atom. The fourth-order valence-electron chi connectivity index (χ4n) is 13.2. The van der Waals surface area contributed by atoms with Crippen LogP contribution in [-0.4, -0.2) is 19.4 Å². The Morgan fingerprint density at radius 2 is 0.895 bits per heavy atom. The maximum Gasteiger partial charge on any atom is 0.167 e. The second-order valence-corrected chi connectivity index (χ2v) is 20.1. The molecular formula is C70H40N4O2. The van der Waals surface area contributed by atoms with Gasteiger partial charge in [0.05, 0.1) is 32.9 Å². The van der Waals surface area contributed by atoms with Crippen molar-refractivity contribution >= 4 is 82.0 Å². The summed E-state index contributed by atoms with van der Waals surface area (Å²) in [6, 6.07) is 86.5. The third kappa shape index (κ3) is 5.51. The van der Waals surface area contributed by atoms with Gasteiger partial charge in [0.25, 0.3) is 0 Å². The third-order valence-electron chi connectivity index (χ3n) is 16.3. The van der Waals surface area contributed by atoms with Crippen molar-refractivity contribution < 1.29 is 8.83 Å². The molecule has 5 aromatic heterocycles. The second-order valence-electron chi connectivity index (χ2n) is 20.1. The van der Waals surface area contributed by atoms with Crippen molar-refractivity contribution in [1.29, 1.82) is 0 Å². The first kappa shape index (κ1) is 41.3. The number of benzene rings is 11. The van der Waals surface area contributed by atoms with Crippen LogP contribution in [0.25, 0.3) is 138 Å². The van der Waals surface area contributed by atoms with Crippen LogP contribution in [0.1, 0.15) is 22.3 Å². The van der Waals surface area contributed by atoms with Crippen molar-refractivity contribution in [2.75, 3.05) is 0 Å². The maximum absolute atomic E-state index is 7.08. The van der Waals surface area contributed by atoms with Gasteiger partial charge in [-0.15, -0.1) is 0 Å². The Morgan fingerprint density at radius 1 is 0.329 bits per heavy atom. The minimum absolute atomic E-state index is 0.525. The molecule has 5 heterocycles. The van der Waals surface area contributed by atoms with E-state index < -0.39 is 5.41 Å². The average Bonchev–Trinajstić information content (AvgIpc) is 4.42. The van der Waals surface area contributed by atoms with E-state index in [4.69, 9.17) is 23.8 Å². The topological polar surface area (TPSA) is 69.4 Å². The molecule has 0 radical (unpaired) electrons. The number of rotatable bonds is 6. The van der Waals surface area contributed by atoms with E-state index in [1.165, 1.54) is 49.4 Å². The normalized spacial score (nSPS) is 13.1. The molecule has 1 aliphatic carbocycles. The summed E-state index contributed by atoms with van der Waals surface area (Å²) in [4.78, 5) is 16.4. The smallest absolute Gasteiger partial charge is 0.167 e. The third-order valence-corrected chi connectivity index (χ3v) is 16.3. The average molecular weight is 969 g/mol. The highest BCUT2D eigenvalue weighted by atomic mass is 16.3. The van der Waals surface area contributed by atoms with Gasteiger partial charge in [-0.1, -0.05) is 194 Å². The van der Waals surface area contributed by atoms with Gasteiger partial charge in [-0.3, -0.25) is 0 Å². The minimum atomic E-state index is -0.598. The molecule has 16 aromatic rings. The Labute approximate surface area is 434 Å². The van der Waals surface area contributed by atoms with Crippen LogP contribution >= 0.6 is 0 Å². The first-order valence-electron chi connectivity index (χ1n) is 25.8. The zero-order valence-electron chi connectivity index (χ0n) is 40.7. The molecule has 0 N–H and O–H groups in total. The Hall–Kier alpha value is -10.2. The zero-order valence-corrected chi connectivity index (χ0v) is 40.7. The van der Waals surface area contributed by atoms with Crippen molar-refractivity contribution in [2.24, 2.45) is 0 Å². The fraction of sp³-hybridized carbons (Fsp3) is 0.0143. The fourth-order valence-corrected chi connectivity index (χ4v) is 13.2. The molecule has 352 valence electrons. The molecule has 6 heteroatoms. The Kier molecular flexibility index (Phi) is 8.39. The SMILES string of the molecule is c1ccc(C2(c3ccccc3)c3ccccc3-c3c(-c4nc(-c5cccc(-c6ccc7c8ccccc8n8c9ccccc9c9ccc%10oc6c7c%10c98)c5)nc(-c5cccc6c5oc5ccccc56)n4)cccc32)cc1. The first-order chi connectivity index (χ1) is 37.7. The summed E-state index contributed by atoms with van der Waals surface area (Å²) in [6.07, 6.45) is 0. The van der Waals surface area contributed by atoms with Gasteiger partial charge >= 0.3 is 0 Å². The molecule has 17 rings (SSSR count). The molecule has 0 fully saturated rings. The van der Waals surface area contributed by atoms with Crippen LogP contribution in [-0.2, 0) is 5.41 Å². The molecular weight excluding hydrogens is 929 g/mol. The van der Waals surface area contributed by atoms with Crippen LogP contribution in [0.5, 0.6) is 0 Å². The van der Waals surface area contributed by atoms with E-state index in [9.17, 15) is 0 Å². The van der Waals surface area contributed by atoms with Crippen LogP contribution < -0.4 is 0 Å². The summed E-state index contributed by atoms with van der Waals surface area (Å²) >= 11 is 0. The quantitative estimate of drug-likeness (QED) is 0.166. The summed E-state index contributed by atoms with van der Waals surface area (Å²) in [5.74, 6) is 1.64. The molecule has 0 spiro atoms. The molecule has 11 aromatic carbocycles. The van der Waals surface area contributed by atoms with Crippen LogP contribution in [0.4, 0.5) is 0 Å². The molecule has 0 amide bonds. The van der Waals surface area contributed by atoms with Crippen molar-refractivity contribution in [3.63, 3.8) is 0 Å². The number of para-hydroxylation sites is 4. The standard InChI is InChI=1S/C70H40N4O2/c1-3-20-43(21-4-1)70(44-22-5-2-6-23-44)55-31-11-7-27-52(55)61-53(29-17-32-56(61)70)68-71-67(72-69(73-68)54-30-16-28-51-48-26-10-14-35-59(48)75-65(51)54)42-19-15-18-41(40-42)45-36-37-49-46-24-8-12-33-57(46)74-58-34-13-9-25-47(58)50-38-39-60-63(64(50)74)62(49)66(45)76-60/h1-40H. The van der Waals surface area contributed by atoms with Gasteiger partial charge in [-0.25, -0.2) is 15.0 Å².